The van der Waals surface area contributed by atoms with Crippen LogP contribution < -0.4 is 15.2 Å². The number of ether oxygens (including phenoxy) is 2. The van der Waals surface area contributed by atoms with E-state index >= 15 is 0 Å². The third-order valence-corrected chi connectivity index (χ3v) is 4.64. The summed E-state index contributed by atoms with van der Waals surface area (Å²) in [6.07, 6.45) is 1.64. The van der Waals surface area contributed by atoms with Crippen molar-refractivity contribution < 1.29 is 14.3 Å². The van der Waals surface area contributed by atoms with Crippen LogP contribution in [0.5, 0.6) is 11.5 Å². The van der Waals surface area contributed by atoms with Gasteiger partial charge < -0.3 is 14.3 Å². The largest absolute Gasteiger partial charge is 0.496 e. The fraction of sp³-hybridized carbons (Fsp3) is 0.273. The summed E-state index contributed by atoms with van der Waals surface area (Å²) in [7, 11) is 3.11. The molecule has 0 atom stereocenters. The fourth-order valence-electron chi connectivity index (χ4n) is 2.98. The molecule has 1 heterocycles. The van der Waals surface area contributed by atoms with E-state index in [2.05, 4.69) is 22.2 Å². The molecule has 0 radical (unpaired) electrons. The van der Waals surface area contributed by atoms with Crippen LogP contribution in [-0.2, 0) is 18.5 Å². The minimum absolute atomic E-state index is 0.179. The summed E-state index contributed by atoms with van der Waals surface area (Å²) in [5, 5.41) is 11.8. The van der Waals surface area contributed by atoms with E-state index in [-0.39, 0.29) is 12.3 Å². The van der Waals surface area contributed by atoms with Crippen LogP contribution in [0.25, 0.3) is 5.69 Å². The number of hydrogen-bond acceptors (Lipinski definition) is 7. The minimum atomic E-state index is -0.358. The number of aryl methyl sites for hydroxylation is 2. The molecule has 0 N–H and O–H groups in total. The summed E-state index contributed by atoms with van der Waals surface area (Å²) in [4.78, 5) is 17.5. The number of nitrogens with zero attached hydrogens (tertiary/aromatic N) is 5. The van der Waals surface area contributed by atoms with Gasteiger partial charge in [-0.05, 0) is 65.7 Å². The van der Waals surface area contributed by atoms with Gasteiger partial charge in [-0.2, -0.15) is 9.36 Å². The monoisotopic (exact) mass is 423 g/mol. The smallest absolute Gasteiger partial charge is 0.368 e. The highest BCUT2D eigenvalue weighted by atomic mass is 16.6. The van der Waals surface area contributed by atoms with Gasteiger partial charge in [-0.1, -0.05) is 23.9 Å². The lowest BCUT2D eigenvalue weighted by Gasteiger charge is -2.15. The molecule has 0 aliphatic carbocycles. The maximum atomic E-state index is 12.3. The van der Waals surface area contributed by atoms with Crippen molar-refractivity contribution in [2.24, 2.45) is 12.2 Å². The van der Waals surface area contributed by atoms with Gasteiger partial charge >= 0.3 is 5.69 Å². The van der Waals surface area contributed by atoms with Crippen molar-refractivity contribution in [2.75, 3.05) is 13.7 Å². The lowest BCUT2D eigenvalue weighted by atomic mass is 10.1. The van der Waals surface area contributed by atoms with E-state index in [0.29, 0.717) is 29.4 Å². The average Bonchev–Trinajstić information content (AvgIpc) is 3.10. The number of hydrogen-bond donors (Lipinski definition) is 0. The van der Waals surface area contributed by atoms with E-state index in [0.717, 1.165) is 21.5 Å². The van der Waals surface area contributed by atoms with Gasteiger partial charge in [0.1, 0.15) is 24.7 Å². The van der Waals surface area contributed by atoms with Gasteiger partial charge in [0, 0.05) is 7.05 Å². The van der Waals surface area contributed by atoms with E-state index in [1.54, 1.807) is 32.4 Å². The number of benzene rings is 2. The molecule has 0 spiro atoms. The van der Waals surface area contributed by atoms with Crippen LogP contribution >= 0.6 is 0 Å². The van der Waals surface area contributed by atoms with Gasteiger partial charge in [0.15, 0.2) is 0 Å². The van der Waals surface area contributed by atoms with Crippen molar-refractivity contribution in [2.45, 2.75) is 20.5 Å². The molecular weight excluding hydrogens is 398 g/mol. The molecule has 31 heavy (non-hydrogen) atoms. The van der Waals surface area contributed by atoms with Crippen LogP contribution in [0.2, 0.25) is 0 Å². The summed E-state index contributed by atoms with van der Waals surface area (Å²) < 4.78 is 13.9. The van der Waals surface area contributed by atoms with Gasteiger partial charge in [-0.15, -0.1) is 0 Å². The van der Waals surface area contributed by atoms with Gasteiger partial charge in [0.25, 0.3) is 0 Å². The number of tetrazole rings is 1. The third-order valence-electron chi connectivity index (χ3n) is 4.64. The second-order valence-corrected chi connectivity index (χ2v) is 6.78. The third kappa shape index (κ3) is 4.82. The quantitative estimate of drug-likeness (QED) is 0.227. The Morgan fingerprint density at radius 3 is 2.68 bits per heavy atom. The minimum Gasteiger partial charge on any atom is -0.496 e. The lowest BCUT2D eigenvalue weighted by molar-refractivity contribution is 0.175. The normalized spacial score (nSPS) is 11.3. The Kier molecular flexibility index (Phi) is 6.86. The Labute approximate surface area is 180 Å². The number of aromatic nitrogens is 4. The van der Waals surface area contributed by atoms with Gasteiger partial charge in [-0.3, -0.25) is 0 Å². The first-order chi connectivity index (χ1) is 15.0. The van der Waals surface area contributed by atoms with E-state index in [4.69, 9.17) is 14.3 Å². The number of methoxy groups -OCH3 is 1. The summed E-state index contributed by atoms with van der Waals surface area (Å²) >= 11 is 0. The van der Waals surface area contributed by atoms with Crippen LogP contribution in [0.15, 0.2) is 59.0 Å². The predicted octanol–water partition coefficient (Wildman–Crippen LogP) is 2.79. The Bertz CT molecular complexity index is 1160. The first kappa shape index (κ1) is 21.8. The van der Waals surface area contributed by atoms with Crippen molar-refractivity contribution in [3.05, 3.63) is 76.2 Å². The molecule has 0 aliphatic rings. The zero-order valence-electron chi connectivity index (χ0n) is 18.0. The zero-order chi connectivity index (χ0) is 22.4. The Morgan fingerprint density at radius 2 is 2.03 bits per heavy atom. The molecular formula is C22H25N5O4. The molecule has 0 amide bonds. The fourth-order valence-corrected chi connectivity index (χ4v) is 2.98. The summed E-state index contributed by atoms with van der Waals surface area (Å²) in [5.74, 6) is 1.29. The number of oxime groups is 1. The molecule has 0 saturated carbocycles. The molecule has 0 aliphatic heterocycles. The van der Waals surface area contributed by atoms with Crippen LogP contribution in [-0.4, -0.2) is 39.2 Å². The lowest BCUT2D eigenvalue weighted by Crippen LogP contribution is -2.23. The van der Waals surface area contributed by atoms with Crippen LogP contribution in [0.3, 0.4) is 0 Å². The molecule has 162 valence electrons. The highest BCUT2D eigenvalue weighted by Gasteiger charge is 2.16. The summed E-state index contributed by atoms with van der Waals surface area (Å²) in [6.45, 7) is 7.96. The summed E-state index contributed by atoms with van der Waals surface area (Å²) in [5.41, 5.74) is 3.50. The standard InChI is InChI=1S/C22H25N5O4/c1-6-12-31-23-16(3)17-10-11-20(15(2)13-17)30-14-18-19(8-7-9-21(18)29-5)27-22(28)26(4)24-25-27/h6-11,13H,1,12,14H2,2-5H3. The van der Waals surface area contributed by atoms with Crippen molar-refractivity contribution in [1.29, 1.82) is 0 Å². The molecule has 9 nitrogen and oxygen atoms in total. The molecule has 3 aromatic rings. The molecule has 9 heteroatoms. The highest BCUT2D eigenvalue weighted by molar-refractivity contribution is 5.98. The van der Waals surface area contributed by atoms with Gasteiger partial charge in [0.05, 0.1) is 24.1 Å². The molecule has 2 aromatic carbocycles. The first-order valence-electron chi connectivity index (χ1n) is 9.62. The molecule has 0 bridgehead atoms. The molecule has 0 fully saturated rings. The average molecular weight is 423 g/mol. The van der Waals surface area contributed by atoms with Crippen LogP contribution in [0, 0.1) is 6.92 Å². The van der Waals surface area contributed by atoms with Crippen molar-refractivity contribution in [3.8, 4) is 17.2 Å². The van der Waals surface area contributed by atoms with E-state index in [1.807, 2.05) is 38.1 Å². The second-order valence-electron chi connectivity index (χ2n) is 6.78. The molecule has 0 unspecified atom stereocenters. The molecule has 0 saturated heterocycles. The van der Waals surface area contributed by atoms with Gasteiger partial charge in [-0.25, -0.2) is 4.79 Å². The van der Waals surface area contributed by atoms with Crippen molar-refractivity contribution in [1.82, 2.24) is 19.8 Å². The first-order valence-corrected chi connectivity index (χ1v) is 9.62. The van der Waals surface area contributed by atoms with E-state index < -0.39 is 0 Å². The maximum Gasteiger partial charge on any atom is 0.368 e. The van der Waals surface area contributed by atoms with Gasteiger partial charge in [0.2, 0.25) is 0 Å². The van der Waals surface area contributed by atoms with Crippen LogP contribution in [0.1, 0.15) is 23.6 Å². The summed E-state index contributed by atoms with van der Waals surface area (Å²) in [6, 6.07) is 11.1. The van der Waals surface area contributed by atoms with E-state index in [1.165, 1.54) is 4.68 Å². The highest BCUT2D eigenvalue weighted by Crippen LogP contribution is 2.27. The molecule has 1 aromatic heterocycles. The number of rotatable bonds is 9. The SMILES string of the molecule is C=CCON=C(C)c1ccc(OCc2c(OC)cccc2-n2nnn(C)c2=O)c(C)c1. The van der Waals surface area contributed by atoms with Crippen LogP contribution in [0.4, 0.5) is 0 Å². The molecule has 3 rings (SSSR count). The van der Waals surface area contributed by atoms with Crippen molar-refractivity contribution >= 4 is 5.71 Å². The van der Waals surface area contributed by atoms with Crippen molar-refractivity contribution in [3.63, 3.8) is 0 Å². The van der Waals surface area contributed by atoms with E-state index in [9.17, 15) is 4.79 Å². The Morgan fingerprint density at radius 1 is 1.23 bits per heavy atom. The maximum absolute atomic E-state index is 12.3. The topological polar surface area (TPSA) is 92.8 Å². The zero-order valence-corrected chi connectivity index (χ0v) is 18.0. The second kappa shape index (κ2) is 9.75. The Balaban J connectivity index is 1.86. The predicted molar refractivity (Wildman–Crippen MR) is 117 cm³/mol. The Hall–Kier alpha value is -3.88.